The van der Waals surface area contributed by atoms with Gasteiger partial charge in [-0.15, -0.1) is 0 Å². The second-order valence-corrected chi connectivity index (χ2v) is 6.61. The molecule has 0 spiro atoms. The van der Waals surface area contributed by atoms with E-state index in [1.165, 1.54) is 27.9 Å². The molecule has 0 saturated carbocycles. The first kappa shape index (κ1) is 20.0. The number of aromatic nitrogens is 4. The van der Waals surface area contributed by atoms with Crippen molar-refractivity contribution in [3.63, 3.8) is 0 Å². The third kappa shape index (κ3) is 3.81. The van der Waals surface area contributed by atoms with Crippen LogP contribution in [0.4, 0.5) is 19.0 Å². The Morgan fingerprint density at radius 2 is 1.90 bits per heavy atom. The summed E-state index contributed by atoms with van der Waals surface area (Å²) in [7, 11) is 1.55. The van der Waals surface area contributed by atoms with Crippen LogP contribution in [0.15, 0.2) is 61.2 Å². The number of rotatable bonds is 3. The van der Waals surface area contributed by atoms with E-state index in [1.54, 1.807) is 37.5 Å². The van der Waals surface area contributed by atoms with Crippen molar-refractivity contribution < 1.29 is 18.0 Å². The van der Waals surface area contributed by atoms with Gasteiger partial charge in [-0.25, -0.2) is 9.50 Å². The number of carbonyl (C=O) groups excluding carboxylic acids is 1. The zero-order chi connectivity index (χ0) is 22.2. The summed E-state index contributed by atoms with van der Waals surface area (Å²) in [6, 6.07) is 10.5. The molecule has 0 bridgehead atoms. The van der Waals surface area contributed by atoms with E-state index < -0.39 is 11.7 Å². The van der Waals surface area contributed by atoms with Crippen LogP contribution in [0.1, 0.15) is 21.5 Å². The van der Waals surface area contributed by atoms with Gasteiger partial charge in [0, 0.05) is 36.8 Å². The minimum atomic E-state index is -4.48. The minimum absolute atomic E-state index is 0.301. The fourth-order valence-electron chi connectivity index (χ4n) is 2.98. The van der Waals surface area contributed by atoms with E-state index in [0.717, 1.165) is 12.3 Å². The highest BCUT2D eigenvalue weighted by Crippen LogP contribution is 2.31. The summed E-state index contributed by atoms with van der Waals surface area (Å²) in [5, 5.41) is 13.0. The average molecular weight is 422 g/mol. The van der Waals surface area contributed by atoms with E-state index in [4.69, 9.17) is 5.26 Å². The molecule has 1 amide bonds. The lowest BCUT2D eigenvalue weighted by atomic mass is 10.1. The van der Waals surface area contributed by atoms with Crippen molar-refractivity contribution in [3.8, 4) is 17.3 Å². The quantitative estimate of drug-likeness (QED) is 0.499. The number of amides is 1. The zero-order valence-corrected chi connectivity index (χ0v) is 16.0. The van der Waals surface area contributed by atoms with Crippen molar-refractivity contribution in [2.24, 2.45) is 0 Å². The Morgan fingerprint density at radius 3 is 2.52 bits per heavy atom. The minimum Gasteiger partial charge on any atom is -0.296 e. The highest BCUT2D eigenvalue weighted by Gasteiger charge is 2.30. The summed E-state index contributed by atoms with van der Waals surface area (Å²) in [5.74, 6) is 0.00856. The van der Waals surface area contributed by atoms with Crippen LogP contribution in [0, 0.1) is 11.3 Å². The van der Waals surface area contributed by atoms with Gasteiger partial charge in [-0.1, -0.05) is 0 Å². The average Bonchev–Trinajstić information content (AvgIpc) is 3.21. The summed E-state index contributed by atoms with van der Waals surface area (Å²) >= 11 is 0. The summed E-state index contributed by atoms with van der Waals surface area (Å²) in [6.07, 6.45) is 0.712. The number of hydrogen-bond acceptors (Lipinski definition) is 5. The Bertz CT molecular complexity index is 1300. The SMILES string of the molecule is CN(C(=O)c1ccn2ncc(-c3ccc(C(F)(F)F)cn3)c2c1)c1ccc(C#N)cn1. The van der Waals surface area contributed by atoms with Gasteiger partial charge in [0.15, 0.2) is 0 Å². The molecule has 4 heterocycles. The first-order chi connectivity index (χ1) is 14.8. The lowest BCUT2D eigenvalue weighted by Crippen LogP contribution is -2.27. The van der Waals surface area contributed by atoms with Crippen LogP contribution in [-0.2, 0) is 6.18 Å². The number of nitrogens with zero attached hydrogens (tertiary/aromatic N) is 6. The van der Waals surface area contributed by atoms with Crippen molar-refractivity contribution in [1.29, 1.82) is 5.26 Å². The van der Waals surface area contributed by atoms with Gasteiger partial charge in [0.1, 0.15) is 11.9 Å². The van der Waals surface area contributed by atoms with Gasteiger partial charge >= 0.3 is 6.18 Å². The first-order valence-electron chi connectivity index (χ1n) is 8.93. The Labute approximate surface area is 174 Å². The van der Waals surface area contributed by atoms with Gasteiger partial charge in [0.25, 0.3) is 5.91 Å². The van der Waals surface area contributed by atoms with Crippen LogP contribution in [0.5, 0.6) is 0 Å². The Hall–Kier alpha value is -4.26. The third-order valence-electron chi connectivity index (χ3n) is 4.66. The largest absolute Gasteiger partial charge is 0.417 e. The van der Waals surface area contributed by atoms with Crippen molar-refractivity contribution in [1.82, 2.24) is 19.6 Å². The van der Waals surface area contributed by atoms with Gasteiger partial charge in [-0.3, -0.25) is 14.7 Å². The predicted molar refractivity (Wildman–Crippen MR) is 105 cm³/mol. The lowest BCUT2D eigenvalue weighted by Gasteiger charge is -2.16. The molecular weight excluding hydrogens is 409 g/mol. The monoisotopic (exact) mass is 422 g/mol. The molecule has 0 unspecified atom stereocenters. The predicted octanol–water partition coefficient (Wildman–Crippen LogP) is 3.96. The number of alkyl halides is 3. The van der Waals surface area contributed by atoms with Crippen LogP contribution in [0.25, 0.3) is 16.8 Å². The van der Waals surface area contributed by atoms with Gasteiger partial charge in [0.2, 0.25) is 0 Å². The molecule has 10 heteroatoms. The molecule has 0 atom stereocenters. The second kappa shape index (κ2) is 7.53. The molecule has 0 N–H and O–H groups in total. The first-order valence-corrected chi connectivity index (χ1v) is 8.93. The molecule has 7 nitrogen and oxygen atoms in total. The molecule has 0 aliphatic heterocycles. The third-order valence-corrected chi connectivity index (χ3v) is 4.66. The fourth-order valence-corrected chi connectivity index (χ4v) is 2.98. The number of pyridine rings is 3. The number of hydrogen-bond donors (Lipinski definition) is 0. The molecule has 0 fully saturated rings. The van der Waals surface area contributed by atoms with Crippen LogP contribution in [0.2, 0.25) is 0 Å². The van der Waals surface area contributed by atoms with Crippen molar-refractivity contribution in [2.75, 3.05) is 11.9 Å². The standard InChI is InChI=1S/C21H13F3N6O/c1-29(19-5-2-13(9-25)10-27-19)20(31)14-6-7-30-18(8-14)16(12-28-30)17-4-3-15(11-26-17)21(22,23)24/h2-8,10-12H,1H3. The molecule has 0 aromatic carbocycles. The maximum absolute atomic E-state index is 12.9. The normalized spacial score (nSPS) is 11.3. The molecule has 0 aliphatic rings. The smallest absolute Gasteiger partial charge is 0.296 e. The van der Waals surface area contributed by atoms with Gasteiger partial charge in [-0.2, -0.15) is 23.5 Å². The molecule has 4 aromatic heterocycles. The second-order valence-electron chi connectivity index (χ2n) is 6.61. The van der Waals surface area contributed by atoms with Crippen LogP contribution < -0.4 is 4.90 Å². The summed E-state index contributed by atoms with van der Waals surface area (Å²) in [6.45, 7) is 0. The molecule has 4 rings (SSSR count). The van der Waals surface area contributed by atoms with Gasteiger partial charge < -0.3 is 0 Å². The number of anilines is 1. The lowest BCUT2D eigenvalue weighted by molar-refractivity contribution is -0.137. The topological polar surface area (TPSA) is 87.2 Å². The Kier molecular flexibility index (Phi) is 4.87. The van der Waals surface area contributed by atoms with E-state index in [9.17, 15) is 18.0 Å². The Balaban J connectivity index is 1.67. The van der Waals surface area contributed by atoms with Crippen molar-refractivity contribution in [3.05, 3.63) is 77.9 Å². The Morgan fingerprint density at radius 1 is 1.10 bits per heavy atom. The highest BCUT2D eigenvalue weighted by atomic mass is 19.4. The molecule has 154 valence electrons. The summed E-state index contributed by atoms with van der Waals surface area (Å²) < 4.78 is 39.9. The molecule has 4 aromatic rings. The van der Waals surface area contributed by atoms with Crippen LogP contribution >= 0.6 is 0 Å². The number of fused-ring (bicyclic) bond motifs is 1. The van der Waals surface area contributed by atoms with E-state index >= 15 is 0 Å². The van der Waals surface area contributed by atoms with Crippen LogP contribution in [0.3, 0.4) is 0 Å². The van der Waals surface area contributed by atoms with E-state index in [1.807, 2.05) is 6.07 Å². The van der Waals surface area contributed by atoms with E-state index in [-0.39, 0.29) is 5.91 Å². The highest BCUT2D eigenvalue weighted by molar-refractivity contribution is 6.06. The number of halogens is 3. The number of nitriles is 1. The molecule has 0 radical (unpaired) electrons. The zero-order valence-electron chi connectivity index (χ0n) is 16.0. The molecule has 0 saturated heterocycles. The van der Waals surface area contributed by atoms with E-state index in [0.29, 0.717) is 33.7 Å². The summed E-state index contributed by atoms with van der Waals surface area (Å²) in [5.41, 5.74) is 1.16. The van der Waals surface area contributed by atoms with Crippen LogP contribution in [-0.4, -0.2) is 32.5 Å². The van der Waals surface area contributed by atoms with Gasteiger partial charge in [-0.05, 0) is 36.4 Å². The summed E-state index contributed by atoms with van der Waals surface area (Å²) in [4.78, 5) is 22.3. The maximum atomic E-state index is 12.9. The van der Waals surface area contributed by atoms with E-state index in [2.05, 4.69) is 15.1 Å². The van der Waals surface area contributed by atoms with Crippen molar-refractivity contribution >= 4 is 17.2 Å². The fraction of sp³-hybridized carbons (Fsp3) is 0.0952. The van der Waals surface area contributed by atoms with Gasteiger partial charge in [0.05, 0.1) is 28.5 Å². The molecule has 0 aliphatic carbocycles. The molecular formula is C21H13F3N6O. The molecule has 31 heavy (non-hydrogen) atoms. The number of carbonyl (C=O) groups is 1. The maximum Gasteiger partial charge on any atom is 0.417 e. The van der Waals surface area contributed by atoms with Crippen molar-refractivity contribution in [2.45, 2.75) is 6.18 Å².